The lowest BCUT2D eigenvalue weighted by Crippen LogP contribution is -2.61. The molecule has 0 radical (unpaired) electrons. The molecule has 3 saturated carbocycles. The van der Waals surface area contributed by atoms with Gasteiger partial charge in [-0.3, -0.25) is 9.59 Å². The van der Waals surface area contributed by atoms with E-state index in [1.54, 1.807) is 7.05 Å². The molecule has 0 aromatic carbocycles. The zero-order valence-electron chi connectivity index (χ0n) is 15.4. The second kappa shape index (κ2) is 5.47. The van der Waals surface area contributed by atoms with Gasteiger partial charge in [0.05, 0.1) is 0 Å². The highest BCUT2D eigenvalue weighted by Gasteiger charge is 2.61. The average Bonchev–Trinajstić information content (AvgIpc) is 2.92. The molecule has 0 aromatic heterocycles. The summed E-state index contributed by atoms with van der Waals surface area (Å²) in [6.45, 7) is 4.82. The first-order chi connectivity index (χ1) is 11.4. The Morgan fingerprint density at radius 2 is 1.79 bits per heavy atom. The lowest BCUT2D eigenvalue weighted by Gasteiger charge is -2.60. The minimum absolute atomic E-state index is 0.183. The Labute approximate surface area is 145 Å². The van der Waals surface area contributed by atoms with Gasteiger partial charge in [0.15, 0.2) is 0 Å². The van der Waals surface area contributed by atoms with Crippen LogP contribution in [0.1, 0.15) is 65.2 Å². The van der Waals surface area contributed by atoms with Gasteiger partial charge in [-0.2, -0.15) is 0 Å². The van der Waals surface area contributed by atoms with E-state index in [0.717, 1.165) is 31.1 Å². The summed E-state index contributed by atoms with van der Waals surface area (Å²) >= 11 is 0. The van der Waals surface area contributed by atoms with Gasteiger partial charge in [-0.05, 0) is 73.5 Å². The van der Waals surface area contributed by atoms with Crippen LogP contribution in [-0.4, -0.2) is 24.9 Å². The molecule has 0 spiro atoms. The van der Waals surface area contributed by atoms with Crippen LogP contribution < -0.4 is 10.6 Å². The van der Waals surface area contributed by atoms with Gasteiger partial charge < -0.3 is 10.6 Å². The molecule has 0 aromatic rings. The number of hydrogen-bond acceptors (Lipinski definition) is 2. The van der Waals surface area contributed by atoms with E-state index in [-0.39, 0.29) is 28.6 Å². The molecule has 4 aliphatic rings. The van der Waals surface area contributed by atoms with Crippen LogP contribution in [0, 0.1) is 34.5 Å². The third-order valence-electron chi connectivity index (χ3n) is 8.66. The van der Waals surface area contributed by atoms with Crippen molar-refractivity contribution in [1.29, 1.82) is 0 Å². The Bertz CT molecular complexity index is 562. The van der Waals surface area contributed by atoms with E-state index < -0.39 is 0 Å². The quantitative estimate of drug-likeness (QED) is 0.776. The van der Waals surface area contributed by atoms with Gasteiger partial charge >= 0.3 is 0 Å². The minimum Gasteiger partial charge on any atom is -0.359 e. The number of fused-ring (bicyclic) bond motifs is 5. The van der Waals surface area contributed by atoms with E-state index in [4.69, 9.17) is 0 Å². The third kappa shape index (κ3) is 2.10. The van der Waals surface area contributed by atoms with Gasteiger partial charge in [0.1, 0.15) is 0 Å². The molecule has 24 heavy (non-hydrogen) atoms. The zero-order valence-corrected chi connectivity index (χ0v) is 15.4. The summed E-state index contributed by atoms with van der Waals surface area (Å²) < 4.78 is 0. The average molecular weight is 332 g/mol. The minimum atomic E-state index is 0.183. The second-order valence-corrected chi connectivity index (χ2v) is 9.37. The predicted molar refractivity (Wildman–Crippen MR) is 93.1 cm³/mol. The number of hydrogen-bond donors (Lipinski definition) is 2. The van der Waals surface area contributed by atoms with Gasteiger partial charge in [-0.25, -0.2) is 0 Å². The van der Waals surface area contributed by atoms with Crippen molar-refractivity contribution in [2.75, 3.05) is 7.05 Å². The van der Waals surface area contributed by atoms with Crippen molar-refractivity contribution in [3.63, 3.8) is 0 Å². The first-order valence-electron chi connectivity index (χ1n) is 9.91. The van der Waals surface area contributed by atoms with Gasteiger partial charge in [0, 0.05) is 25.4 Å². The van der Waals surface area contributed by atoms with Crippen LogP contribution in [0.3, 0.4) is 0 Å². The van der Waals surface area contributed by atoms with E-state index >= 15 is 0 Å². The van der Waals surface area contributed by atoms with E-state index in [9.17, 15) is 9.59 Å². The van der Waals surface area contributed by atoms with Gasteiger partial charge in [0.2, 0.25) is 11.8 Å². The SMILES string of the molecule is CNC(=O)C1CCC2C3CC[C@H]4NC(=O)CCC4(C)C3CCC12C. The molecule has 7 atom stereocenters. The number of carbonyl (C=O) groups excluding carboxylic acids is 2. The third-order valence-corrected chi connectivity index (χ3v) is 8.66. The molecule has 1 saturated heterocycles. The number of nitrogens with one attached hydrogen (secondary N) is 2. The van der Waals surface area contributed by atoms with E-state index in [2.05, 4.69) is 24.5 Å². The van der Waals surface area contributed by atoms with Gasteiger partial charge in [0.25, 0.3) is 0 Å². The van der Waals surface area contributed by atoms with Crippen molar-refractivity contribution in [2.24, 2.45) is 34.5 Å². The van der Waals surface area contributed by atoms with Crippen molar-refractivity contribution >= 4 is 11.8 Å². The molecule has 134 valence electrons. The van der Waals surface area contributed by atoms with Crippen LogP contribution >= 0.6 is 0 Å². The normalized spacial score (nSPS) is 50.3. The van der Waals surface area contributed by atoms with Crippen LogP contribution in [0.4, 0.5) is 0 Å². The first-order valence-corrected chi connectivity index (χ1v) is 9.91. The molecule has 4 rings (SSSR count). The van der Waals surface area contributed by atoms with Gasteiger partial charge in [-0.15, -0.1) is 0 Å². The molecule has 2 amide bonds. The Morgan fingerprint density at radius 1 is 1.04 bits per heavy atom. The van der Waals surface area contributed by atoms with Crippen LogP contribution in [0.2, 0.25) is 0 Å². The molecule has 3 aliphatic carbocycles. The second-order valence-electron chi connectivity index (χ2n) is 9.37. The van der Waals surface area contributed by atoms with E-state index in [1.807, 2.05) is 0 Å². The summed E-state index contributed by atoms with van der Waals surface area (Å²) in [5, 5.41) is 6.20. The summed E-state index contributed by atoms with van der Waals surface area (Å²) in [6, 6.07) is 0.375. The van der Waals surface area contributed by atoms with Crippen LogP contribution in [0.25, 0.3) is 0 Å². The Morgan fingerprint density at radius 3 is 2.54 bits per heavy atom. The smallest absolute Gasteiger partial charge is 0.223 e. The molecule has 1 aliphatic heterocycles. The molecule has 6 unspecified atom stereocenters. The standard InChI is InChI=1S/C20H32N2O2/c1-19-10-8-14-12(13(19)5-6-15(19)18(24)21-3)4-7-16-20(14,2)11-9-17(23)22-16/h12-16H,4-11H2,1-3H3,(H,21,24)(H,22,23)/t12?,13?,14?,15?,16-,19?,20?/m1/s1. The fraction of sp³-hybridized carbons (Fsp3) is 0.900. The summed E-state index contributed by atoms with van der Waals surface area (Å²) in [5.41, 5.74) is 0.450. The molecule has 4 fully saturated rings. The first kappa shape index (κ1) is 16.4. The fourth-order valence-corrected chi connectivity index (χ4v) is 7.31. The Hall–Kier alpha value is -1.06. The summed E-state index contributed by atoms with van der Waals surface area (Å²) in [5.74, 6) is 2.85. The highest BCUT2D eigenvalue weighted by molar-refractivity contribution is 5.79. The summed E-state index contributed by atoms with van der Waals surface area (Å²) in [7, 11) is 1.78. The topological polar surface area (TPSA) is 58.2 Å². The van der Waals surface area contributed by atoms with Crippen molar-refractivity contribution < 1.29 is 9.59 Å². The van der Waals surface area contributed by atoms with Crippen molar-refractivity contribution in [3.05, 3.63) is 0 Å². The Kier molecular flexibility index (Phi) is 3.74. The highest BCUT2D eigenvalue weighted by Crippen LogP contribution is 2.65. The molecule has 1 heterocycles. The molecule has 0 bridgehead atoms. The number of carbonyl (C=O) groups is 2. The number of amides is 2. The lowest BCUT2D eigenvalue weighted by molar-refractivity contribution is -0.141. The summed E-state index contributed by atoms with van der Waals surface area (Å²) in [6.07, 6.45) is 8.77. The largest absolute Gasteiger partial charge is 0.359 e. The molecular weight excluding hydrogens is 300 g/mol. The maximum atomic E-state index is 12.4. The van der Waals surface area contributed by atoms with Crippen LogP contribution in [0.5, 0.6) is 0 Å². The molecule has 4 heteroatoms. The van der Waals surface area contributed by atoms with Crippen molar-refractivity contribution in [3.8, 4) is 0 Å². The highest BCUT2D eigenvalue weighted by atomic mass is 16.2. The Balaban J connectivity index is 1.61. The molecule has 4 nitrogen and oxygen atoms in total. The van der Waals surface area contributed by atoms with Crippen LogP contribution in [-0.2, 0) is 9.59 Å². The number of piperidine rings is 1. The fourth-order valence-electron chi connectivity index (χ4n) is 7.31. The van der Waals surface area contributed by atoms with Crippen molar-refractivity contribution in [1.82, 2.24) is 10.6 Å². The molecular formula is C20H32N2O2. The predicted octanol–water partition coefficient (Wildman–Crippen LogP) is 2.87. The summed E-state index contributed by atoms with van der Waals surface area (Å²) in [4.78, 5) is 24.3. The maximum absolute atomic E-state index is 12.4. The molecule has 2 N–H and O–H groups in total. The van der Waals surface area contributed by atoms with E-state index in [0.29, 0.717) is 18.4 Å². The van der Waals surface area contributed by atoms with E-state index in [1.165, 1.54) is 25.7 Å². The zero-order chi connectivity index (χ0) is 17.1. The van der Waals surface area contributed by atoms with Crippen LogP contribution in [0.15, 0.2) is 0 Å². The monoisotopic (exact) mass is 332 g/mol. The maximum Gasteiger partial charge on any atom is 0.223 e. The lowest BCUT2D eigenvalue weighted by atomic mass is 9.47. The number of rotatable bonds is 1. The van der Waals surface area contributed by atoms with Crippen molar-refractivity contribution in [2.45, 2.75) is 71.3 Å². The van der Waals surface area contributed by atoms with Gasteiger partial charge in [-0.1, -0.05) is 13.8 Å².